The van der Waals surface area contributed by atoms with Crippen molar-refractivity contribution in [1.82, 2.24) is 9.80 Å². The molecule has 206 valence electrons. The lowest BCUT2D eigenvalue weighted by Gasteiger charge is -2.28. The molecule has 0 saturated heterocycles. The highest BCUT2D eigenvalue weighted by Crippen LogP contribution is 2.17. The summed E-state index contributed by atoms with van der Waals surface area (Å²) < 4.78 is 10.8. The van der Waals surface area contributed by atoms with Crippen molar-refractivity contribution < 1.29 is 23.7 Å². The minimum atomic E-state index is -0.549. The molecule has 0 bridgehead atoms. The lowest BCUT2D eigenvalue weighted by molar-refractivity contribution is -0.384. The van der Waals surface area contributed by atoms with Crippen molar-refractivity contribution in [3.8, 4) is 0 Å². The highest BCUT2D eigenvalue weighted by atomic mass is 16.6. The molecule has 0 unspecified atom stereocenters. The highest BCUT2D eigenvalue weighted by molar-refractivity contribution is 5.96. The summed E-state index contributed by atoms with van der Waals surface area (Å²) in [7, 11) is 1.48. The second kappa shape index (κ2) is 12.8. The van der Waals surface area contributed by atoms with Gasteiger partial charge in [0.25, 0.3) is 11.6 Å². The molecule has 0 N–H and O–H groups in total. The normalized spacial score (nSPS) is 10.8. The van der Waals surface area contributed by atoms with E-state index in [1.165, 1.54) is 47.4 Å². The SMILES string of the molecule is COCCN(CC(=O)N(Cc1ccccc1)Cc1coc2ccc(C)cc2c1=O)C(=O)c1ccc([N+](=O)[O-])cc1. The monoisotopic (exact) mass is 543 g/mol. The van der Waals surface area contributed by atoms with Crippen LogP contribution in [0.25, 0.3) is 11.0 Å². The third-order valence-electron chi connectivity index (χ3n) is 6.43. The van der Waals surface area contributed by atoms with Crippen LogP contribution in [0.2, 0.25) is 0 Å². The summed E-state index contributed by atoms with van der Waals surface area (Å²) in [6.07, 6.45) is 1.37. The van der Waals surface area contributed by atoms with Crippen LogP contribution in [0.4, 0.5) is 5.69 Å². The van der Waals surface area contributed by atoms with E-state index < -0.39 is 10.8 Å². The molecule has 0 aliphatic rings. The number of rotatable bonds is 11. The number of non-ortho nitro benzene ring substituents is 1. The fourth-order valence-corrected chi connectivity index (χ4v) is 4.26. The van der Waals surface area contributed by atoms with E-state index in [0.29, 0.717) is 16.5 Å². The molecule has 0 radical (unpaired) electrons. The number of nitrogens with zero attached hydrogens (tertiary/aromatic N) is 3. The smallest absolute Gasteiger partial charge is 0.269 e. The fraction of sp³-hybridized carbons (Fsp3) is 0.233. The zero-order chi connectivity index (χ0) is 28.6. The lowest BCUT2D eigenvalue weighted by Crippen LogP contribution is -2.44. The predicted octanol–water partition coefficient (Wildman–Crippen LogP) is 4.33. The van der Waals surface area contributed by atoms with Crippen molar-refractivity contribution in [1.29, 1.82) is 0 Å². The van der Waals surface area contributed by atoms with Crippen molar-refractivity contribution in [2.45, 2.75) is 20.0 Å². The number of hydrogen-bond donors (Lipinski definition) is 0. The minimum Gasteiger partial charge on any atom is -0.464 e. The molecule has 0 fully saturated rings. The van der Waals surface area contributed by atoms with Gasteiger partial charge in [-0.3, -0.25) is 24.5 Å². The van der Waals surface area contributed by atoms with Crippen LogP contribution < -0.4 is 5.43 Å². The molecular formula is C30H29N3O7. The topological polar surface area (TPSA) is 123 Å². The predicted molar refractivity (Wildman–Crippen MR) is 149 cm³/mol. The van der Waals surface area contributed by atoms with Gasteiger partial charge in [-0.05, 0) is 36.8 Å². The number of fused-ring (bicyclic) bond motifs is 1. The summed E-state index contributed by atoms with van der Waals surface area (Å²) in [5, 5.41) is 11.4. The van der Waals surface area contributed by atoms with E-state index >= 15 is 0 Å². The summed E-state index contributed by atoms with van der Waals surface area (Å²) >= 11 is 0. The van der Waals surface area contributed by atoms with E-state index in [0.717, 1.165) is 11.1 Å². The average Bonchev–Trinajstić information content (AvgIpc) is 2.96. The van der Waals surface area contributed by atoms with E-state index in [2.05, 4.69) is 0 Å². The maximum Gasteiger partial charge on any atom is 0.269 e. The second-order valence-corrected chi connectivity index (χ2v) is 9.35. The average molecular weight is 544 g/mol. The number of hydrogen-bond acceptors (Lipinski definition) is 7. The van der Waals surface area contributed by atoms with Crippen molar-refractivity contribution >= 4 is 28.5 Å². The zero-order valence-corrected chi connectivity index (χ0v) is 22.2. The number of ether oxygens (including phenoxy) is 1. The maximum atomic E-state index is 13.7. The Hall–Kier alpha value is -4.83. The van der Waals surface area contributed by atoms with Gasteiger partial charge in [0.15, 0.2) is 5.43 Å². The van der Waals surface area contributed by atoms with Gasteiger partial charge >= 0.3 is 0 Å². The van der Waals surface area contributed by atoms with Crippen molar-refractivity contribution in [3.05, 3.63) is 122 Å². The van der Waals surface area contributed by atoms with Crippen molar-refractivity contribution in [3.63, 3.8) is 0 Å². The van der Waals surface area contributed by atoms with Crippen LogP contribution >= 0.6 is 0 Å². The summed E-state index contributed by atoms with van der Waals surface area (Å²) in [5.41, 5.74) is 2.36. The van der Waals surface area contributed by atoms with Crippen LogP contribution in [-0.4, -0.2) is 53.3 Å². The third-order valence-corrected chi connectivity index (χ3v) is 6.43. The first-order chi connectivity index (χ1) is 19.3. The molecule has 2 amide bonds. The Morgan fingerprint density at radius 1 is 0.975 bits per heavy atom. The summed E-state index contributed by atoms with van der Waals surface area (Å²) in [6.45, 7) is 2.07. The number of benzene rings is 3. The molecule has 10 nitrogen and oxygen atoms in total. The number of amides is 2. The maximum absolute atomic E-state index is 13.7. The standard InChI is InChI=1S/C30H29N3O7/c1-21-8-13-27-26(16-21)29(35)24(20-40-27)18-32(17-22-6-4-3-5-7-22)28(34)19-31(14-15-39-2)30(36)23-9-11-25(12-10-23)33(37)38/h3-13,16,20H,14-15,17-19H2,1-2H3. The zero-order valence-electron chi connectivity index (χ0n) is 22.2. The van der Waals surface area contributed by atoms with Crippen LogP contribution in [0, 0.1) is 17.0 Å². The van der Waals surface area contributed by atoms with E-state index in [-0.39, 0.29) is 55.4 Å². The molecule has 0 spiro atoms. The van der Waals surface area contributed by atoms with E-state index in [9.17, 15) is 24.5 Å². The Kier molecular flexibility index (Phi) is 9.03. The van der Waals surface area contributed by atoms with Gasteiger partial charge in [0.05, 0.1) is 35.3 Å². The largest absolute Gasteiger partial charge is 0.464 e. The van der Waals surface area contributed by atoms with Gasteiger partial charge in [-0.1, -0.05) is 42.0 Å². The molecule has 1 aromatic heterocycles. The summed E-state index contributed by atoms with van der Waals surface area (Å²) in [5.74, 6) is -0.861. The molecule has 0 aliphatic heterocycles. The number of aryl methyl sites for hydroxylation is 1. The number of nitro benzene ring substituents is 1. The second-order valence-electron chi connectivity index (χ2n) is 9.35. The Bertz CT molecular complexity index is 1570. The summed E-state index contributed by atoms with van der Waals surface area (Å²) in [4.78, 5) is 53.6. The van der Waals surface area contributed by atoms with Crippen molar-refractivity contribution in [2.24, 2.45) is 0 Å². The van der Waals surface area contributed by atoms with Crippen molar-refractivity contribution in [2.75, 3.05) is 26.8 Å². The molecule has 0 saturated carbocycles. The van der Waals surface area contributed by atoms with Gasteiger partial charge in [0.1, 0.15) is 12.1 Å². The van der Waals surface area contributed by atoms with Gasteiger partial charge in [0, 0.05) is 37.9 Å². The highest BCUT2D eigenvalue weighted by Gasteiger charge is 2.24. The molecule has 4 rings (SSSR count). The first kappa shape index (κ1) is 28.2. The first-order valence-corrected chi connectivity index (χ1v) is 12.6. The van der Waals surface area contributed by atoms with Crippen LogP contribution in [-0.2, 0) is 22.6 Å². The van der Waals surface area contributed by atoms with Gasteiger partial charge in [0.2, 0.25) is 5.91 Å². The van der Waals surface area contributed by atoms with Gasteiger partial charge in [-0.2, -0.15) is 0 Å². The third kappa shape index (κ3) is 6.78. The number of carbonyl (C=O) groups excluding carboxylic acids is 2. The summed E-state index contributed by atoms with van der Waals surface area (Å²) in [6, 6.07) is 19.9. The molecule has 0 aliphatic carbocycles. The Morgan fingerprint density at radius 3 is 2.38 bits per heavy atom. The first-order valence-electron chi connectivity index (χ1n) is 12.6. The van der Waals surface area contributed by atoms with E-state index in [1.54, 1.807) is 12.1 Å². The van der Waals surface area contributed by atoms with Crippen LogP contribution in [0.1, 0.15) is 27.0 Å². The van der Waals surface area contributed by atoms with Gasteiger partial charge in [-0.15, -0.1) is 0 Å². The number of carbonyl (C=O) groups is 2. The Balaban J connectivity index is 1.62. The molecule has 40 heavy (non-hydrogen) atoms. The van der Waals surface area contributed by atoms with Gasteiger partial charge in [-0.25, -0.2) is 0 Å². The molecular weight excluding hydrogens is 514 g/mol. The number of nitro groups is 1. The molecule has 1 heterocycles. The fourth-order valence-electron chi connectivity index (χ4n) is 4.26. The lowest BCUT2D eigenvalue weighted by atomic mass is 10.1. The molecule has 4 aromatic rings. The molecule has 10 heteroatoms. The van der Waals surface area contributed by atoms with E-state index in [4.69, 9.17) is 9.15 Å². The molecule has 0 atom stereocenters. The molecule has 3 aromatic carbocycles. The Morgan fingerprint density at radius 2 is 1.70 bits per heavy atom. The quantitative estimate of drug-likeness (QED) is 0.204. The van der Waals surface area contributed by atoms with Crippen LogP contribution in [0.15, 0.2) is 88.3 Å². The Labute approximate surface area is 230 Å². The number of methoxy groups -OCH3 is 1. The van der Waals surface area contributed by atoms with E-state index in [1.807, 2.05) is 43.3 Å². The van der Waals surface area contributed by atoms with Crippen LogP contribution in [0.5, 0.6) is 0 Å². The van der Waals surface area contributed by atoms with Gasteiger partial charge < -0.3 is 19.0 Å². The van der Waals surface area contributed by atoms with Crippen LogP contribution in [0.3, 0.4) is 0 Å². The minimum absolute atomic E-state index is 0.0240.